The van der Waals surface area contributed by atoms with Gasteiger partial charge in [-0.1, -0.05) is 38.1 Å². The Morgan fingerprint density at radius 2 is 1.84 bits per heavy atom. The molecule has 0 radical (unpaired) electrons. The predicted octanol–water partition coefficient (Wildman–Crippen LogP) is 2.86. The van der Waals surface area contributed by atoms with Crippen LogP contribution in [0.25, 0.3) is 0 Å². The number of aryl methyl sites for hydroxylation is 1. The van der Waals surface area contributed by atoms with Crippen LogP contribution in [0, 0.1) is 6.92 Å². The molecule has 0 saturated carbocycles. The summed E-state index contributed by atoms with van der Waals surface area (Å²) in [7, 11) is -3.06. The number of nitrogens with one attached hydrogen (secondary N) is 1. The average molecular weight is 283 g/mol. The lowest BCUT2D eigenvalue weighted by molar-refractivity contribution is 0.548. The maximum atomic E-state index is 12.3. The van der Waals surface area contributed by atoms with Crippen molar-refractivity contribution in [2.45, 2.75) is 45.4 Å². The van der Waals surface area contributed by atoms with Crippen molar-refractivity contribution in [2.75, 3.05) is 12.3 Å². The minimum Gasteiger partial charge on any atom is -0.309 e. The van der Waals surface area contributed by atoms with Crippen molar-refractivity contribution in [1.82, 2.24) is 5.32 Å². The fraction of sp³-hybridized carbons (Fsp3) is 0.600. The second-order valence-electron chi connectivity index (χ2n) is 5.02. The zero-order chi connectivity index (χ0) is 14.5. The molecule has 0 heterocycles. The third-order valence-corrected chi connectivity index (χ3v) is 5.96. The van der Waals surface area contributed by atoms with Crippen LogP contribution in [-0.2, 0) is 9.84 Å². The van der Waals surface area contributed by atoms with E-state index < -0.39 is 9.84 Å². The van der Waals surface area contributed by atoms with E-state index in [0.29, 0.717) is 6.42 Å². The highest BCUT2D eigenvalue weighted by Crippen LogP contribution is 2.21. The Balaban J connectivity index is 3.00. The van der Waals surface area contributed by atoms with Gasteiger partial charge in [0.25, 0.3) is 0 Å². The van der Waals surface area contributed by atoms with Gasteiger partial charge in [-0.15, -0.1) is 0 Å². The van der Waals surface area contributed by atoms with Crippen molar-refractivity contribution in [3.05, 3.63) is 35.4 Å². The van der Waals surface area contributed by atoms with Gasteiger partial charge in [0.2, 0.25) is 0 Å². The molecule has 1 rings (SSSR count). The van der Waals surface area contributed by atoms with Crippen LogP contribution in [-0.4, -0.2) is 26.0 Å². The zero-order valence-corrected chi connectivity index (χ0v) is 13.1. The predicted molar refractivity (Wildman–Crippen MR) is 81.1 cm³/mol. The molecule has 19 heavy (non-hydrogen) atoms. The van der Waals surface area contributed by atoms with E-state index in [1.807, 2.05) is 45.0 Å². The van der Waals surface area contributed by atoms with E-state index in [9.17, 15) is 8.42 Å². The van der Waals surface area contributed by atoms with E-state index in [0.717, 1.165) is 17.7 Å². The summed E-state index contributed by atoms with van der Waals surface area (Å²) < 4.78 is 24.6. The largest absolute Gasteiger partial charge is 0.309 e. The van der Waals surface area contributed by atoms with E-state index in [4.69, 9.17) is 0 Å². The molecule has 2 unspecified atom stereocenters. The Morgan fingerprint density at radius 1 is 1.21 bits per heavy atom. The maximum Gasteiger partial charge on any atom is 0.154 e. The van der Waals surface area contributed by atoms with Gasteiger partial charge in [-0.05, 0) is 37.9 Å². The molecular formula is C15H25NO2S. The minimum atomic E-state index is -3.06. The quantitative estimate of drug-likeness (QED) is 0.837. The molecule has 0 saturated heterocycles. The Kier molecular flexibility index (Phi) is 6.01. The van der Waals surface area contributed by atoms with E-state index in [1.165, 1.54) is 0 Å². The molecule has 4 heteroatoms. The standard InChI is InChI=1S/C15H25NO2S/c1-5-13(4)19(17,18)11-15(16-6-2)14-10-8-7-9-12(14)3/h7-10,13,15-16H,5-6,11H2,1-4H3. The van der Waals surface area contributed by atoms with Crippen molar-refractivity contribution in [3.63, 3.8) is 0 Å². The lowest BCUT2D eigenvalue weighted by Crippen LogP contribution is -2.32. The fourth-order valence-corrected chi connectivity index (χ4v) is 3.73. The Morgan fingerprint density at radius 3 is 2.37 bits per heavy atom. The highest BCUT2D eigenvalue weighted by Gasteiger charge is 2.25. The Hall–Kier alpha value is -0.870. The fourth-order valence-electron chi connectivity index (χ4n) is 2.13. The summed E-state index contributed by atoms with van der Waals surface area (Å²) in [5.41, 5.74) is 2.21. The van der Waals surface area contributed by atoms with E-state index >= 15 is 0 Å². The van der Waals surface area contributed by atoms with Gasteiger partial charge < -0.3 is 5.32 Å². The first kappa shape index (κ1) is 16.2. The normalized spacial score (nSPS) is 15.2. The van der Waals surface area contributed by atoms with Gasteiger partial charge >= 0.3 is 0 Å². The average Bonchev–Trinajstić information content (AvgIpc) is 2.37. The van der Waals surface area contributed by atoms with Crippen LogP contribution in [0.1, 0.15) is 44.4 Å². The number of hydrogen-bond acceptors (Lipinski definition) is 3. The molecule has 0 aliphatic rings. The number of benzene rings is 1. The molecule has 0 amide bonds. The zero-order valence-electron chi connectivity index (χ0n) is 12.3. The molecule has 0 fully saturated rings. The third kappa shape index (κ3) is 4.32. The Bertz CT molecular complexity index is 497. The van der Waals surface area contributed by atoms with Crippen LogP contribution in [0.4, 0.5) is 0 Å². The molecule has 2 atom stereocenters. The van der Waals surface area contributed by atoms with E-state index in [2.05, 4.69) is 5.32 Å². The first-order chi connectivity index (χ1) is 8.92. The molecule has 0 aliphatic carbocycles. The van der Waals surface area contributed by atoms with Crippen molar-refractivity contribution in [2.24, 2.45) is 0 Å². The summed E-state index contributed by atoms with van der Waals surface area (Å²) in [6, 6.07) is 7.85. The summed E-state index contributed by atoms with van der Waals surface area (Å²) in [5, 5.41) is 3.02. The molecule has 3 nitrogen and oxygen atoms in total. The lowest BCUT2D eigenvalue weighted by atomic mass is 10.0. The van der Waals surface area contributed by atoms with Crippen LogP contribution in [0.2, 0.25) is 0 Å². The second kappa shape index (κ2) is 7.06. The topological polar surface area (TPSA) is 46.2 Å². The highest BCUT2D eigenvalue weighted by atomic mass is 32.2. The first-order valence-electron chi connectivity index (χ1n) is 6.92. The molecule has 1 aromatic carbocycles. The van der Waals surface area contributed by atoms with Crippen LogP contribution in [0.5, 0.6) is 0 Å². The number of rotatable bonds is 7. The van der Waals surface area contributed by atoms with Gasteiger partial charge in [0.05, 0.1) is 11.0 Å². The van der Waals surface area contributed by atoms with Crippen LogP contribution >= 0.6 is 0 Å². The number of hydrogen-bond donors (Lipinski definition) is 1. The van der Waals surface area contributed by atoms with Gasteiger partial charge in [-0.25, -0.2) is 8.42 Å². The summed E-state index contributed by atoms with van der Waals surface area (Å²) in [4.78, 5) is 0. The van der Waals surface area contributed by atoms with Crippen molar-refractivity contribution >= 4 is 9.84 Å². The first-order valence-corrected chi connectivity index (χ1v) is 8.64. The maximum absolute atomic E-state index is 12.3. The molecule has 1 N–H and O–H groups in total. The van der Waals surface area contributed by atoms with Gasteiger partial charge in [0.1, 0.15) is 0 Å². The van der Waals surface area contributed by atoms with Gasteiger partial charge in [0, 0.05) is 6.04 Å². The molecule has 0 aliphatic heterocycles. The van der Waals surface area contributed by atoms with Gasteiger partial charge in [-0.3, -0.25) is 0 Å². The summed E-state index contributed by atoms with van der Waals surface area (Å²) in [6.07, 6.45) is 0.662. The second-order valence-corrected chi connectivity index (χ2v) is 7.48. The SMILES string of the molecule is CCNC(CS(=O)(=O)C(C)CC)c1ccccc1C. The lowest BCUT2D eigenvalue weighted by Gasteiger charge is -2.22. The molecular weight excluding hydrogens is 258 g/mol. The third-order valence-electron chi connectivity index (χ3n) is 3.60. The van der Waals surface area contributed by atoms with Crippen LogP contribution in [0.3, 0.4) is 0 Å². The smallest absolute Gasteiger partial charge is 0.154 e. The van der Waals surface area contributed by atoms with E-state index in [1.54, 1.807) is 6.92 Å². The minimum absolute atomic E-state index is 0.120. The summed E-state index contributed by atoms with van der Waals surface area (Å²) in [5.74, 6) is 0.167. The van der Waals surface area contributed by atoms with Crippen molar-refractivity contribution in [1.29, 1.82) is 0 Å². The van der Waals surface area contributed by atoms with E-state index in [-0.39, 0.29) is 17.0 Å². The van der Waals surface area contributed by atoms with Crippen molar-refractivity contribution in [3.8, 4) is 0 Å². The van der Waals surface area contributed by atoms with Crippen molar-refractivity contribution < 1.29 is 8.42 Å². The summed E-state index contributed by atoms with van der Waals surface area (Å²) >= 11 is 0. The molecule has 0 spiro atoms. The highest BCUT2D eigenvalue weighted by molar-refractivity contribution is 7.92. The van der Waals surface area contributed by atoms with Crippen LogP contribution < -0.4 is 5.32 Å². The monoisotopic (exact) mass is 283 g/mol. The summed E-state index contributed by atoms with van der Waals surface area (Å²) in [6.45, 7) is 8.49. The molecule has 1 aromatic rings. The molecule has 0 bridgehead atoms. The Labute approximate surface area is 117 Å². The van der Waals surface area contributed by atoms with Gasteiger partial charge in [0.15, 0.2) is 9.84 Å². The molecule has 0 aromatic heterocycles. The van der Waals surface area contributed by atoms with Gasteiger partial charge in [-0.2, -0.15) is 0 Å². The van der Waals surface area contributed by atoms with Crippen LogP contribution in [0.15, 0.2) is 24.3 Å². The number of sulfone groups is 1. The molecule has 108 valence electrons.